The molecule has 0 atom stereocenters. The van der Waals surface area contributed by atoms with Gasteiger partial charge in [-0.25, -0.2) is 4.68 Å². The van der Waals surface area contributed by atoms with Gasteiger partial charge in [-0.2, -0.15) is 0 Å². The van der Waals surface area contributed by atoms with Crippen LogP contribution in [0.4, 0.5) is 0 Å². The number of aromatic nitrogens is 4. The Morgan fingerprint density at radius 2 is 2.00 bits per heavy atom. The third kappa shape index (κ3) is 1.37. The van der Waals surface area contributed by atoms with Gasteiger partial charge in [-0.3, -0.25) is 4.90 Å². The molecular formula is C10H17N5. The lowest BCUT2D eigenvalue weighted by Gasteiger charge is -2.31. The highest BCUT2D eigenvalue weighted by molar-refractivity contribution is 5.00. The number of tetrazole rings is 1. The highest BCUT2D eigenvalue weighted by Gasteiger charge is 2.44. The Bertz CT molecular complexity index is 348. The number of rotatable bonds is 2. The third-order valence-electron chi connectivity index (χ3n) is 3.97. The van der Waals surface area contributed by atoms with Gasteiger partial charge in [0, 0.05) is 5.54 Å². The van der Waals surface area contributed by atoms with E-state index in [4.69, 9.17) is 0 Å². The predicted molar refractivity (Wildman–Crippen MR) is 55.3 cm³/mol. The average molecular weight is 207 g/mol. The highest BCUT2D eigenvalue weighted by atomic mass is 15.5. The molecule has 1 aromatic heterocycles. The second-order valence-electron chi connectivity index (χ2n) is 4.80. The maximum absolute atomic E-state index is 4.06. The molecule has 0 saturated carbocycles. The van der Waals surface area contributed by atoms with Crippen molar-refractivity contribution >= 4 is 0 Å². The maximum Gasteiger partial charge on any atom is 0.148 e. The van der Waals surface area contributed by atoms with Crippen molar-refractivity contribution < 1.29 is 0 Å². The molecule has 2 fully saturated rings. The van der Waals surface area contributed by atoms with E-state index in [0.29, 0.717) is 5.54 Å². The molecule has 0 unspecified atom stereocenters. The lowest BCUT2D eigenvalue weighted by atomic mass is 9.94. The molecule has 3 heterocycles. The summed E-state index contributed by atoms with van der Waals surface area (Å²) in [5.41, 5.74) is 0.375. The first-order valence-corrected chi connectivity index (χ1v) is 5.78. The Kier molecular flexibility index (Phi) is 2.02. The van der Waals surface area contributed by atoms with E-state index < -0.39 is 0 Å². The van der Waals surface area contributed by atoms with Gasteiger partial charge < -0.3 is 0 Å². The van der Waals surface area contributed by atoms with Gasteiger partial charge in [0.05, 0.1) is 6.54 Å². The molecule has 0 bridgehead atoms. The zero-order valence-electron chi connectivity index (χ0n) is 9.19. The van der Waals surface area contributed by atoms with Crippen molar-refractivity contribution in [3.8, 4) is 0 Å². The fourth-order valence-electron chi connectivity index (χ4n) is 3.16. The summed E-state index contributed by atoms with van der Waals surface area (Å²) in [7, 11) is 0. The van der Waals surface area contributed by atoms with Crippen molar-refractivity contribution in [3.63, 3.8) is 0 Å². The first kappa shape index (κ1) is 9.27. The molecule has 82 valence electrons. The van der Waals surface area contributed by atoms with Crippen LogP contribution in [-0.4, -0.2) is 43.7 Å². The quantitative estimate of drug-likeness (QED) is 0.713. The van der Waals surface area contributed by atoms with Crippen molar-refractivity contribution in [1.82, 2.24) is 25.1 Å². The summed E-state index contributed by atoms with van der Waals surface area (Å²) in [6.07, 6.45) is 5.29. The van der Waals surface area contributed by atoms with Crippen molar-refractivity contribution in [2.75, 3.05) is 13.1 Å². The molecule has 2 aliphatic heterocycles. The van der Waals surface area contributed by atoms with Gasteiger partial charge >= 0.3 is 0 Å². The topological polar surface area (TPSA) is 46.8 Å². The fraction of sp³-hybridized carbons (Fsp3) is 0.900. The molecule has 0 spiro atoms. The summed E-state index contributed by atoms with van der Waals surface area (Å²) in [5, 5.41) is 11.7. The van der Waals surface area contributed by atoms with E-state index in [2.05, 4.69) is 20.4 Å². The minimum absolute atomic E-state index is 0.375. The van der Waals surface area contributed by atoms with E-state index in [-0.39, 0.29) is 0 Å². The molecule has 3 rings (SSSR count). The molecule has 15 heavy (non-hydrogen) atoms. The summed E-state index contributed by atoms with van der Waals surface area (Å²) in [4.78, 5) is 2.63. The normalized spacial score (nSPS) is 24.6. The summed E-state index contributed by atoms with van der Waals surface area (Å²) >= 11 is 0. The van der Waals surface area contributed by atoms with Crippen LogP contribution < -0.4 is 0 Å². The fourth-order valence-corrected chi connectivity index (χ4v) is 3.16. The van der Waals surface area contributed by atoms with Crippen molar-refractivity contribution in [2.45, 2.75) is 44.7 Å². The zero-order valence-corrected chi connectivity index (χ0v) is 9.19. The second-order valence-corrected chi connectivity index (χ2v) is 4.80. The van der Waals surface area contributed by atoms with Gasteiger partial charge in [-0.15, -0.1) is 5.10 Å². The van der Waals surface area contributed by atoms with E-state index in [1.54, 1.807) is 0 Å². The smallest absolute Gasteiger partial charge is 0.148 e. The van der Waals surface area contributed by atoms with Crippen LogP contribution in [0.5, 0.6) is 0 Å². The van der Waals surface area contributed by atoms with E-state index in [1.165, 1.54) is 38.8 Å². The molecule has 0 radical (unpaired) electrons. The van der Waals surface area contributed by atoms with Gasteiger partial charge in [0.2, 0.25) is 0 Å². The van der Waals surface area contributed by atoms with Crippen LogP contribution in [0, 0.1) is 6.92 Å². The summed E-state index contributed by atoms with van der Waals surface area (Å²) in [5.74, 6) is 0.933. The maximum atomic E-state index is 4.06. The minimum atomic E-state index is 0.375. The van der Waals surface area contributed by atoms with Crippen molar-refractivity contribution in [3.05, 3.63) is 5.82 Å². The Morgan fingerprint density at radius 1 is 1.27 bits per heavy atom. The predicted octanol–water partition coefficient (Wildman–Crippen LogP) is 0.610. The number of hydrogen-bond donors (Lipinski definition) is 0. The molecule has 0 amide bonds. The van der Waals surface area contributed by atoms with Crippen molar-refractivity contribution in [2.24, 2.45) is 0 Å². The standard InChI is InChI=1S/C10H17N5/c1-9-11-12-13-15(9)8-10-4-2-6-14(10)7-3-5-10/h2-8H2,1H3. The van der Waals surface area contributed by atoms with E-state index in [0.717, 1.165) is 12.4 Å². The number of fused-ring (bicyclic) bond motifs is 1. The summed E-state index contributed by atoms with van der Waals surface area (Å²) in [6, 6.07) is 0. The number of nitrogens with zero attached hydrogens (tertiary/aromatic N) is 5. The average Bonchev–Trinajstić information content (AvgIpc) is 2.83. The lowest BCUT2D eigenvalue weighted by Crippen LogP contribution is -2.42. The van der Waals surface area contributed by atoms with Crippen LogP contribution in [0.2, 0.25) is 0 Å². The molecule has 1 aromatic rings. The van der Waals surface area contributed by atoms with Gasteiger partial charge in [-0.1, -0.05) is 0 Å². The monoisotopic (exact) mass is 207 g/mol. The van der Waals surface area contributed by atoms with E-state index in [1.807, 2.05) is 11.6 Å². The van der Waals surface area contributed by atoms with Crippen molar-refractivity contribution in [1.29, 1.82) is 0 Å². The summed E-state index contributed by atoms with van der Waals surface area (Å²) < 4.78 is 1.96. The Hall–Kier alpha value is -0.970. The zero-order chi connectivity index (χ0) is 10.3. The second kappa shape index (κ2) is 3.27. The summed E-state index contributed by atoms with van der Waals surface area (Å²) in [6.45, 7) is 5.49. The van der Waals surface area contributed by atoms with Crippen LogP contribution in [-0.2, 0) is 6.54 Å². The molecule has 5 nitrogen and oxygen atoms in total. The first-order chi connectivity index (χ1) is 7.30. The van der Waals surface area contributed by atoms with E-state index in [9.17, 15) is 0 Å². The Balaban J connectivity index is 1.85. The van der Waals surface area contributed by atoms with Gasteiger partial charge in [0.25, 0.3) is 0 Å². The molecule has 0 aliphatic carbocycles. The van der Waals surface area contributed by atoms with Crippen LogP contribution >= 0.6 is 0 Å². The Labute approximate surface area is 89.4 Å². The first-order valence-electron chi connectivity index (χ1n) is 5.78. The number of aryl methyl sites for hydroxylation is 1. The third-order valence-corrected chi connectivity index (χ3v) is 3.97. The van der Waals surface area contributed by atoms with Crippen LogP contribution in [0.1, 0.15) is 31.5 Å². The molecule has 5 heteroatoms. The SMILES string of the molecule is Cc1nnnn1CC12CCCN1CCC2. The Morgan fingerprint density at radius 3 is 2.60 bits per heavy atom. The van der Waals surface area contributed by atoms with E-state index >= 15 is 0 Å². The van der Waals surface area contributed by atoms with Gasteiger partial charge in [0.1, 0.15) is 5.82 Å². The number of hydrogen-bond acceptors (Lipinski definition) is 4. The largest absolute Gasteiger partial charge is 0.296 e. The lowest BCUT2D eigenvalue weighted by molar-refractivity contribution is 0.161. The van der Waals surface area contributed by atoms with Gasteiger partial charge in [0.15, 0.2) is 0 Å². The van der Waals surface area contributed by atoms with Crippen LogP contribution in [0.3, 0.4) is 0 Å². The molecule has 0 aromatic carbocycles. The molecule has 2 aliphatic rings. The molecule has 0 N–H and O–H groups in total. The van der Waals surface area contributed by atoms with Gasteiger partial charge in [-0.05, 0) is 56.1 Å². The minimum Gasteiger partial charge on any atom is -0.296 e. The van der Waals surface area contributed by atoms with Crippen LogP contribution in [0.15, 0.2) is 0 Å². The molecular weight excluding hydrogens is 190 g/mol. The van der Waals surface area contributed by atoms with Crippen LogP contribution in [0.25, 0.3) is 0 Å². The highest BCUT2D eigenvalue weighted by Crippen LogP contribution is 2.39. The molecule has 2 saturated heterocycles.